The Morgan fingerprint density at radius 1 is 1.46 bits per heavy atom. The van der Waals surface area contributed by atoms with Crippen molar-refractivity contribution in [1.29, 1.82) is 0 Å². The van der Waals surface area contributed by atoms with Crippen molar-refractivity contribution in [2.24, 2.45) is 11.3 Å². The van der Waals surface area contributed by atoms with Crippen LogP contribution in [-0.4, -0.2) is 6.29 Å². The van der Waals surface area contributed by atoms with Crippen LogP contribution in [0.25, 0.3) is 0 Å². The number of aldehydes is 1. The minimum absolute atomic E-state index is 0.0993. The molecular formula is C11H17ClO. The third kappa shape index (κ3) is 2.84. The molecule has 1 aliphatic rings. The molecule has 2 heteroatoms. The molecule has 0 aromatic rings. The molecule has 0 saturated heterocycles. The van der Waals surface area contributed by atoms with E-state index in [-0.39, 0.29) is 5.41 Å². The second-order valence-electron chi connectivity index (χ2n) is 4.23. The quantitative estimate of drug-likeness (QED) is 0.638. The molecule has 1 fully saturated rings. The largest absolute Gasteiger partial charge is 0.303 e. The van der Waals surface area contributed by atoms with E-state index in [0.29, 0.717) is 0 Å². The lowest BCUT2D eigenvalue weighted by Crippen LogP contribution is -2.27. The van der Waals surface area contributed by atoms with Gasteiger partial charge >= 0.3 is 0 Å². The molecule has 0 N–H and O–H groups in total. The summed E-state index contributed by atoms with van der Waals surface area (Å²) in [5.41, 5.74) is 1.42. The molecule has 0 heterocycles. The van der Waals surface area contributed by atoms with E-state index >= 15 is 0 Å². The third-order valence-corrected chi connectivity index (χ3v) is 3.31. The normalized spacial score (nSPS) is 35.1. The Bertz CT molecular complexity index is 190. The highest BCUT2D eigenvalue weighted by molar-refractivity contribution is 6.25. The van der Waals surface area contributed by atoms with Crippen LogP contribution in [0.5, 0.6) is 0 Å². The van der Waals surface area contributed by atoms with Gasteiger partial charge in [-0.1, -0.05) is 24.6 Å². The van der Waals surface area contributed by atoms with Gasteiger partial charge in [0.1, 0.15) is 6.29 Å². The summed E-state index contributed by atoms with van der Waals surface area (Å²) in [5, 5.41) is 0. The van der Waals surface area contributed by atoms with Crippen molar-refractivity contribution in [2.75, 3.05) is 0 Å². The fraction of sp³-hybridized carbons (Fsp3) is 0.727. The zero-order valence-electron chi connectivity index (χ0n) is 8.13. The van der Waals surface area contributed by atoms with Gasteiger partial charge in [-0.15, -0.1) is 0 Å². The van der Waals surface area contributed by atoms with Crippen LogP contribution in [-0.2, 0) is 4.79 Å². The van der Waals surface area contributed by atoms with Crippen molar-refractivity contribution in [3.63, 3.8) is 0 Å². The summed E-state index contributed by atoms with van der Waals surface area (Å²) in [6.45, 7) is 2.26. The van der Waals surface area contributed by atoms with Crippen LogP contribution in [0.1, 0.15) is 39.0 Å². The van der Waals surface area contributed by atoms with Crippen LogP contribution in [0.2, 0.25) is 0 Å². The maximum Gasteiger partial charge on any atom is 0.126 e. The van der Waals surface area contributed by atoms with Crippen molar-refractivity contribution in [3.05, 3.63) is 11.6 Å². The molecule has 0 amide bonds. The smallest absolute Gasteiger partial charge is 0.126 e. The highest BCUT2D eigenvalue weighted by Crippen LogP contribution is 2.40. The van der Waals surface area contributed by atoms with Crippen molar-refractivity contribution in [1.82, 2.24) is 0 Å². The van der Waals surface area contributed by atoms with Gasteiger partial charge in [0, 0.05) is 11.0 Å². The second kappa shape index (κ2) is 4.80. The lowest BCUT2D eigenvalue weighted by Gasteiger charge is -2.33. The molecule has 0 aliphatic heterocycles. The van der Waals surface area contributed by atoms with Crippen LogP contribution in [0, 0.1) is 11.3 Å². The van der Waals surface area contributed by atoms with E-state index < -0.39 is 0 Å². The van der Waals surface area contributed by atoms with E-state index in [1.54, 1.807) is 0 Å². The Hall–Kier alpha value is -0.300. The molecule has 0 spiro atoms. The van der Waals surface area contributed by atoms with Crippen molar-refractivity contribution in [2.45, 2.75) is 39.0 Å². The highest BCUT2D eigenvalue weighted by atomic mass is 35.5. The monoisotopic (exact) mass is 200 g/mol. The summed E-state index contributed by atoms with van der Waals surface area (Å²) >= 11 is 5.47. The van der Waals surface area contributed by atoms with E-state index in [2.05, 4.69) is 6.92 Å². The number of carbonyl (C=O) groups is 1. The van der Waals surface area contributed by atoms with Gasteiger partial charge < -0.3 is 4.79 Å². The Balaban J connectivity index is 2.54. The highest BCUT2D eigenvalue weighted by Gasteiger charge is 2.32. The minimum atomic E-state index is -0.0993. The first-order valence-corrected chi connectivity index (χ1v) is 5.38. The first-order valence-electron chi connectivity index (χ1n) is 4.94. The van der Waals surface area contributed by atoms with E-state index in [9.17, 15) is 4.79 Å². The van der Waals surface area contributed by atoms with Gasteiger partial charge in [0.2, 0.25) is 0 Å². The first-order chi connectivity index (χ1) is 6.22. The summed E-state index contributed by atoms with van der Waals surface area (Å²) in [4.78, 5) is 11.0. The Kier molecular flexibility index (Phi) is 3.98. The number of allylic oxidation sites excluding steroid dienone is 1. The maximum absolute atomic E-state index is 11.0. The van der Waals surface area contributed by atoms with Gasteiger partial charge in [-0.05, 0) is 38.0 Å². The van der Waals surface area contributed by atoms with Crippen LogP contribution in [0.3, 0.4) is 0 Å². The molecule has 0 atom stereocenters. The summed E-state index contributed by atoms with van der Waals surface area (Å²) in [6.07, 6.45) is 8.25. The first kappa shape index (κ1) is 10.8. The molecule has 0 bridgehead atoms. The summed E-state index contributed by atoms with van der Waals surface area (Å²) in [5.74, 6) is 0.785. The molecule has 13 heavy (non-hydrogen) atoms. The van der Waals surface area contributed by atoms with Crippen LogP contribution < -0.4 is 0 Å². The Morgan fingerprint density at radius 2 is 2.08 bits per heavy atom. The Morgan fingerprint density at radius 3 is 2.54 bits per heavy atom. The molecule has 1 nitrogen and oxygen atoms in total. The lowest BCUT2D eigenvalue weighted by molar-refractivity contribution is -0.118. The molecule has 0 unspecified atom stereocenters. The van der Waals surface area contributed by atoms with E-state index in [0.717, 1.165) is 31.5 Å². The predicted molar refractivity (Wildman–Crippen MR) is 55.7 cm³/mol. The summed E-state index contributed by atoms with van der Waals surface area (Å²) in [6, 6.07) is 0. The summed E-state index contributed by atoms with van der Waals surface area (Å²) in [7, 11) is 0. The third-order valence-electron chi connectivity index (χ3n) is 3.13. The van der Waals surface area contributed by atoms with E-state index in [1.807, 2.05) is 6.08 Å². The number of halogens is 1. The SMILES string of the molecule is CC1CCC(C=O)(C/C=C/Cl)CC1. The molecule has 1 aliphatic carbocycles. The number of carbonyl (C=O) groups excluding carboxylic acids is 1. The fourth-order valence-corrected chi connectivity index (χ4v) is 2.08. The molecular weight excluding hydrogens is 184 g/mol. The van der Waals surface area contributed by atoms with Crippen LogP contribution in [0.4, 0.5) is 0 Å². The van der Waals surface area contributed by atoms with Gasteiger partial charge in [0.15, 0.2) is 0 Å². The van der Waals surface area contributed by atoms with Gasteiger partial charge in [0.05, 0.1) is 0 Å². The standard InChI is InChI=1S/C11H17ClO/c1-10-3-6-11(9-13,7-4-10)5-2-8-12/h2,8-10H,3-7H2,1H3/b8-2+. The van der Waals surface area contributed by atoms with Gasteiger partial charge in [-0.3, -0.25) is 0 Å². The van der Waals surface area contributed by atoms with Gasteiger partial charge in [-0.25, -0.2) is 0 Å². The van der Waals surface area contributed by atoms with Crippen LogP contribution in [0.15, 0.2) is 11.6 Å². The van der Waals surface area contributed by atoms with Crippen molar-refractivity contribution in [3.8, 4) is 0 Å². The van der Waals surface area contributed by atoms with E-state index in [4.69, 9.17) is 11.6 Å². The van der Waals surface area contributed by atoms with Gasteiger partial charge in [0.25, 0.3) is 0 Å². The summed E-state index contributed by atoms with van der Waals surface area (Å²) < 4.78 is 0. The van der Waals surface area contributed by atoms with Gasteiger partial charge in [-0.2, -0.15) is 0 Å². The zero-order valence-corrected chi connectivity index (χ0v) is 8.89. The minimum Gasteiger partial charge on any atom is -0.303 e. The lowest BCUT2D eigenvalue weighted by atomic mass is 9.70. The average Bonchev–Trinajstić information content (AvgIpc) is 2.18. The second-order valence-corrected chi connectivity index (χ2v) is 4.48. The molecule has 0 aromatic carbocycles. The number of hydrogen-bond acceptors (Lipinski definition) is 1. The van der Waals surface area contributed by atoms with Crippen LogP contribution >= 0.6 is 11.6 Å². The Labute approximate surface area is 85.2 Å². The average molecular weight is 201 g/mol. The fourth-order valence-electron chi connectivity index (χ4n) is 1.99. The molecule has 74 valence electrons. The predicted octanol–water partition coefficient (Wildman–Crippen LogP) is 3.52. The molecule has 0 radical (unpaired) electrons. The molecule has 1 saturated carbocycles. The number of rotatable bonds is 3. The topological polar surface area (TPSA) is 17.1 Å². The maximum atomic E-state index is 11.0. The zero-order chi connectivity index (χ0) is 9.73. The van der Waals surface area contributed by atoms with E-state index in [1.165, 1.54) is 18.4 Å². The number of hydrogen-bond donors (Lipinski definition) is 0. The van der Waals surface area contributed by atoms with Crippen molar-refractivity contribution < 1.29 is 4.79 Å². The molecule has 0 aromatic heterocycles. The van der Waals surface area contributed by atoms with Crippen molar-refractivity contribution >= 4 is 17.9 Å². The molecule has 1 rings (SSSR count).